The van der Waals surface area contributed by atoms with Crippen LogP contribution in [0.1, 0.15) is 18.4 Å². The SMILES string of the molecule is COc1ccc(C)c2sc(N3CCN(CCNC(=O)C4CC4)CC3)nc12. The zero-order valence-electron chi connectivity index (χ0n) is 15.5. The van der Waals surface area contributed by atoms with Gasteiger partial charge in [-0.05, 0) is 31.4 Å². The van der Waals surface area contributed by atoms with Crippen LogP contribution in [0.2, 0.25) is 0 Å². The zero-order chi connectivity index (χ0) is 18.1. The average Bonchev–Trinajstić information content (AvgIpc) is 3.41. The van der Waals surface area contributed by atoms with E-state index in [-0.39, 0.29) is 5.91 Å². The number of aryl methyl sites for hydroxylation is 1. The summed E-state index contributed by atoms with van der Waals surface area (Å²) < 4.78 is 6.68. The van der Waals surface area contributed by atoms with E-state index in [0.29, 0.717) is 5.92 Å². The number of amides is 1. The van der Waals surface area contributed by atoms with E-state index in [9.17, 15) is 4.79 Å². The average molecular weight is 375 g/mol. The van der Waals surface area contributed by atoms with Gasteiger partial charge in [-0.3, -0.25) is 9.69 Å². The zero-order valence-corrected chi connectivity index (χ0v) is 16.3. The van der Waals surface area contributed by atoms with E-state index in [4.69, 9.17) is 9.72 Å². The molecular weight excluding hydrogens is 348 g/mol. The minimum absolute atomic E-state index is 0.238. The quantitative estimate of drug-likeness (QED) is 0.841. The van der Waals surface area contributed by atoms with Crippen LogP contribution in [0.25, 0.3) is 10.2 Å². The fourth-order valence-electron chi connectivity index (χ4n) is 3.39. The van der Waals surface area contributed by atoms with E-state index in [0.717, 1.165) is 68.5 Å². The number of aromatic nitrogens is 1. The molecule has 1 saturated heterocycles. The van der Waals surface area contributed by atoms with Crippen molar-refractivity contribution in [2.75, 3.05) is 51.3 Å². The van der Waals surface area contributed by atoms with Crippen LogP contribution < -0.4 is 15.0 Å². The lowest BCUT2D eigenvalue weighted by molar-refractivity contribution is -0.122. The molecule has 0 spiro atoms. The number of hydrogen-bond acceptors (Lipinski definition) is 6. The molecule has 0 unspecified atom stereocenters. The number of thiazole rings is 1. The summed E-state index contributed by atoms with van der Waals surface area (Å²) in [6.07, 6.45) is 2.13. The number of fused-ring (bicyclic) bond motifs is 1. The molecule has 0 bridgehead atoms. The fourth-order valence-corrected chi connectivity index (χ4v) is 4.49. The third kappa shape index (κ3) is 3.64. The van der Waals surface area contributed by atoms with Crippen LogP contribution >= 0.6 is 11.3 Å². The van der Waals surface area contributed by atoms with Gasteiger partial charge in [-0.2, -0.15) is 0 Å². The lowest BCUT2D eigenvalue weighted by Crippen LogP contribution is -2.48. The van der Waals surface area contributed by atoms with Gasteiger partial charge in [0.2, 0.25) is 5.91 Å². The number of methoxy groups -OCH3 is 1. The smallest absolute Gasteiger partial charge is 0.223 e. The molecule has 2 aliphatic rings. The van der Waals surface area contributed by atoms with Crippen molar-refractivity contribution in [1.82, 2.24) is 15.2 Å². The van der Waals surface area contributed by atoms with Gasteiger partial charge in [0.1, 0.15) is 11.3 Å². The van der Waals surface area contributed by atoms with E-state index in [1.54, 1.807) is 18.4 Å². The van der Waals surface area contributed by atoms with Crippen molar-refractivity contribution in [3.8, 4) is 5.75 Å². The Hall–Kier alpha value is -1.86. The molecule has 1 aliphatic heterocycles. The number of hydrogen-bond donors (Lipinski definition) is 1. The molecule has 1 amide bonds. The highest BCUT2D eigenvalue weighted by atomic mass is 32.1. The number of benzene rings is 1. The molecule has 2 fully saturated rings. The highest BCUT2D eigenvalue weighted by molar-refractivity contribution is 7.22. The molecule has 2 aromatic rings. The van der Waals surface area contributed by atoms with Crippen LogP contribution in [0, 0.1) is 12.8 Å². The van der Waals surface area contributed by atoms with E-state index in [2.05, 4.69) is 28.1 Å². The molecule has 0 atom stereocenters. The molecule has 1 aromatic heterocycles. The summed E-state index contributed by atoms with van der Waals surface area (Å²) in [6, 6.07) is 4.09. The molecule has 2 heterocycles. The number of nitrogens with zero attached hydrogens (tertiary/aromatic N) is 3. The van der Waals surface area contributed by atoms with Crippen LogP contribution in [0.3, 0.4) is 0 Å². The Kier molecular flexibility index (Phi) is 5.00. The Balaban J connectivity index is 1.33. The van der Waals surface area contributed by atoms with Gasteiger partial charge in [0.15, 0.2) is 5.13 Å². The maximum Gasteiger partial charge on any atom is 0.223 e. The predicted molar refractivity (Wildman–Crippen MR) is 105 cm³/mol. The Labute approximate surface area is 158 Å². The maximum absolute atomic E-state index is 11.7. The second-order valence-corrected chi connectivity index (χ2v) is 8.13. The number of piperazine rings is 1. The molecule has 7 heteroatoms. The molecule has 140 valence electrons. The number of ether oxygens (including phenoxy) is 1. The molecule has 1 saturated carbocycles. The first-order chi connectivity index (χ1) is 12.7. The van der Waals surface area contributed by atoms with Crippen molar-refractivity contribution >= 4 is 32.6 Å². The van der Waals surface area contributed by atoms with Crippen LogP contribution in [0.15, 0.2) is 12.1 Å². The monoisotopic (exact) mass is 374 g/mol. The molecule has 6 nitrogen and oxygen atoms in total. The minimum atomic E-state index is 0.238. The molecule has 1 N–H and O–H groups in total. The van der Waals surface area contributed by atoms with Crippen LogP contribution in [0.5, 0.6) is 5.75 Å². The van der Waals surface area contributed by atoms with Gasteiger partial charge in [0.25, 0.3) is 0 Å². The molecule has 0 radical (unpaired) electrons. The number of rotatable bonds is 6. The highest BCUT2D eigenvalue weighted by Gasteiger charge is 2.29. The third-order valence-corrected chi connectivity index (χ3v) is 6.48. The topological polar surface area (TPSA) is 57.7 Å². The summed E-state index contributed by atoms with van der Waals surface area (Å²) in [7, 11) is 1.70. The first kappa shape index (κ1) is 17.5. The molecule has 26 heavy (non-hydrogen) atoms. The maximum atomic E-state index is 11.7. The van der Waals surface area contributed by atoms with Gasteiger partial charge in [0, 0.05) is 45.2 Å². The summed E-state index contributed by atoms with van der Waals surface area (Å²) >= 11 is 1.75. The van der Waals surface area contributed by atoms with Gasteiger partial charge in [-0.15, -0.1) is 0 Å². The largest absolute Gasteiger partial charge is 0.494 e. The predicted octanol–water partition coefficient (Wildman–Crippen LogP) is 2.26. The van der Waals surface area contributed by atoms with Crippen molar-refractivity contribution in [3.05, 3.63) is 17.7 Å². The second-order valence-electron chi connectivity index (χ2n) is 7.15. The number of anilines is 1. The van der Waals surface area contributed by atoms with Crippen LogP contribution in [0.4, 0.5) is 5.13 Å². The first-order valence-electron chi connectivity index (χ1n) is 9.35. The summed E-state index contributed by atoms with van der Waals surface area (Å²) in [6.45, 7) is 7.76. The van der Waals surface area contributed by atoms with E-state index >= 15 is 0 Å². The normalized spacial score (nSPS) is 18.3. The Morgan fingerprint density at radius 2 is 2.08 bits per heavy atom. The molecular formula is C19H26N4O2S. The van der Waals surface area contributed by atoms with Crippen LogP contribution in [-0.2, 0) is 4.79 Å². The summed E-state index contributed by atoms with van der Waals surface area (Å²) in [5, 5.41) is 4.13. The van der Waals surface area contributed by atoms with E-state index < -0.39 is 0 Å². The number of carbonyl (C=O) groups is 1. The fraction of sp³-hybridized carbons (Fsp3) is 0.579. The van der Waals surface area contributed by atoms with Crippen molar-refractivity contribution in [3.63, 3.8) is 0 Å². The Bertz CT molecular complexity index is 794. The lowest BCUT2D eigenvalue weighted by atomic mass is 10.2. The number of carbonyl (C=O) groups excluding carboxylic acids is 1. The summed E-state index contributed by atoms with van der Waals surface area (Å²) in [5.74, 6) is 1.38. The Morgan fingerprint density at radius 1 is 1.31 bits per heavy atom. The van der Waals surface area contributed by atoms with Crippen molar-refractivity contribution in [2.24, 2.45) is 5.92 Å². The van der Waals surface area contributed by atoms with Gasteiger partial charge in [0.05, 0.1) is 11.8 Å². The van der Waals surface area contributed by atoms with Crippen molar-refractivity contribution in [1.29, 1.82) is 0 Å². The van der Waals surface area contributed by atoms with Crippen molar-refractivity contribution < 1.29 is 9.53 Å². The minimum Gasteiger partial charge on any atom is -0.494 e. The molecule has 1 aromatic carbocycles. The van der Waals surface area contributed by atoms with E-state index in [1.165, 1.54) is 10.3 Å². The first-order valence-corrected chi connectivity index (χ1v) is 10.2. The van der Waals surface area contributed by atoms with Gasteiger partial charge in [-0.25, -0.2) is 4.98 Å². The second kappa shape index (κ2) is 7.40. The third-order valence-electron chi connectivity index (χ3n) is 5.23. The van der Waals surface area contributed by atoms with Crippen molar-refractivity contribution in [2.45, 2.75) is 19.8 Å². The van der Waals surface area contributed by atoms with Gasteiger partial charge in [-0.1, -0.05) is 17.4 Å². The summed E-state index contributed by atoms with van der Waals surface area (Å²) in [5.41, 5.74) is 2.22. The van der Waals surface area contributed by atoms with Crippen LogP contribution in [-0.4, -0.2) is 62.2 Å². The number of nitrogens with one attached hydrogen (secondary N) is 1. The molecule has 1 aliphatic carbocycles. The summed E-state index contributed by atoms with van der Waals surface area (Å²) in [4.78, 5) is 21.3. The highest BCUT2D eigenvalue weighted by Crippen LogP contribution is 2.36. The van der Waals surface area contributed by atoms with Gasteiger partial charge >= 0.3 is 0 Å². The standard InChI is InChI=1S/C19H26N4O2S/c1-13-3-6-15(25-2)16-17(13)26-19(21-16)23-11-9-22(10-12-23)8-7-20-18(24)14-4-5-14/h3,6,14H,4-5,7-12H2,1-2H3,(H,20,24). The van der Waals surface area contributed by atoms with E-state index in [1.807, 2.05) is 6.07 Å². The molecule has 4 rings (SSSR count). The van der Waals surface area contributed by atoms with Gasteiger partial charge < -0.3 is 15.0 Å². The lowest BCUT2D eigenvalue weighted by Gasteiger charge is -2.34. The Morgan fingerprint density at radius 3 is 2.77 bits per heavy atom.